The van der Waals surface area contributed by atoms with Crippen LogP contribution >= 0.6 is 12.6 Å². The van der Waals surface area contributed by atoms with Crippen LogP contribution in [0, 0.1) is 6.92 Å². The van der Waals surface area contributed by atoms with Gasteiger partial charge < -0.3 is 0 Å². The number of thiol groups is 1. The third-order valence-electron chi connectivity index (χ3n) is 1.85. The van der Waals surface area contributed by atoms with Gasteiger partial charge in [-0.15, -0.1) is 0 Å². The minimum atomic E-state index is 0.399. The molecular weight excluding hydrogens is 176 g/mol. The largest absolute Gasteiger partial charge is 0.171 e. The van der Waals surface area contributed by atoms with Gasteiger partial charge in [0, 0.05) is 5.25 Å². The Bertz CT molecular complexity index is 213. The smallest absolute Gasteiger partial charge is 0.0264 e. The maximum Gasteiger partial charge on any atom is 0.0264 e. The highest BCUT2D eigenvalue weighted by Gasteiger charge is 2.01. The van der Waals surface area contributed by atoms with Gasteiger partial charge in [0.1, 0.15) is 0 Å². The molecule has 0 saturated heterocycles. The zero-order valence-corrected chi connectivity index (χ0v) is 9.94. The van der Waals surface area contributed by atoms with Crippen molar-refractivity contribution in [3.8, 4) is 0 Å². The molecule has 0 nitrogen and oxygen atoms in total. The van der Waals surface area contributed by atoms with Crippen LogP contribution < -0.4 is 0 Å². The monoisotopic (exact) mass is 196 g/mol. The van der Waals surface area contributed by atoms with E-state index in [9.17, 15) is 0 Å². The molecule has 74 valence electrons. The summed E-state index contributed by atoms with van der Waals surface area (Å²) in [4.78, 5) is 0. The average molecular weight is 196 g/mol. The van der Waals surface area contributed by atoms with Crippen molar-refractivity contribution in [2.24, 2.45) is 0 Å². The van der Waals surface area contributed by atoms with Crippen molar-refractivity contribution in [1.29, 1.82) is 0 Å². The molecule has 0 spiro atoms. The number of benzene rings is 1. The summed E-state index contributed by atoms with van der Waals surface area (Å²) < 4.78 is 0. The molecule has 0 saturated carbocycles. The van der Waals surface area contributed by atoms with E-state index < -0.39 is 0 Å². The fourth-order valence-corrected chi connectivity index (χ4v) is 1.20. The maximum atomic E-state index is 4.45. The first-order chi connectivity index (χ1) is 6.24. The Balaban J connectivity index is 0.000000671. The van der Waals surface area contributed by atoms with E-state index in [4.69, 9.17) is 0 Å². The first kappa shape index (κ1) is 12.6. The third kappa shape index (κ3) is 4.37. The van der Waals surface area contributed by atoms with Gasteiger partial charge in [-0.1, -0.05) is 50.6 Å². The van der Waals surface area contributed by atoms with Gasteiger partial charge in [-0.2, -0.15) is 12.6 Å². The van der Waals surface area contributed by atoms with Crippen molar-refractivity contribution in [1.82, 2.24) is 0 Å². The summed E-state index contributed by atoms with van der Waals surface area (Å²) in [7, 11) is 0. The highest BCUT2D eigenvalue weighted by atomic mass is 32.1. The fourth-order valence-electron chi connectivity index (χ4n) is 1.02. The Labute approximate surface area is 87.8 Å². The standard InChI is InChI=1S/C10H14S.C2H6/c1-3-10(11)9-6-4-8(2)5-7-9;1-2/h4-7,10-11H,3H2,1-2H3;1-2H3. The first-order valence-electron chi connectivity index (χ1n) is 4.98. The first-order valence-corrected chi connectivity index (χ1v) is 5.50. The summed E-state index contributed by atoms with van der Waals surface area (Å²) in [6.07, 6.45) is 1.09. The molecule has 1 rings (SSSR count). The lowest BCUT2D eigenvalue weighted by molar-refractivity contribution is 0.902. The van der Waals surface area contributed by atoms with E-state index in [0.717, 1.165) is 6.42 Å². The predicted molar refractivity (Wildman–Crippen MR) is 64.5 cm³/mol. The van der Waals surface area contributed by atoms with E-state index in [1.165, 1.54) is 11.1 Å². The molecule has 0 N–H and O–H groups in total. The van der Waals surface area contributed by atoms with Crippen LogP contribution in [0.3, 0.4) is 0 Å². The molecule has 0 aromatic heterocycles. The van der Waals surface area contributed by atoms with E-state index in [1.54, 1.807) is 0 Å². The van der Waals surface area contributed by atoms with Crippen molar-refractivity contribution in [2.75, 3.05) is 0 Å². The van der Waals surface area contributed by atoms with Gasteiger partial charge in [-0.25, -0.2) is 0 Å². The molecule has 1 atom stereocenters. The highest BCUT2D eigenvalue weighted by Crippen LogP contribution is 2.22. The van der Waals surface area contributed by atoms with Gasteiger partial charge in [-0.05, 0) is 18.9 Å². The van der Waals surface area contributed by atoms with Crippen LogP contribution in [0.4, 0.5) is 0 Å². The molecule has 1 aromatic carbocycles. The van der Waals surface area contributed by atoms with Crippen LogP contribution in [0.25, 0.3) is 0 Å². The minimum Gasteiger partial charge on any atom is -0.171 e. The van der Waals surface area contributed by atoms with Crippen molar-refractivity contribution in [2.45, 2.75) is 39.4 Å². The van der Waals surface area contributed by atoms with Crippen LogP contribution in [-0.2, 0) is 0 Å². The summed E-state index contributed by atoms with van der Waals surface area (Å²) in [5.41, 5.74) is 2.63. The molecule has 1 aromatic rings. The van der Waals surface area contributed by atoms with E-state index in [1.807, 2.05) is 13.8 Å². The molecule has 0 heterocycles. The van der Waals surface area contributed by atoms with Gasteiger partial charge in [-0.3, -0.25) is 0 Å². The van der Waals surface area contributed by atoms with Crippen LogP contribution in [0.1, 0.15) is 43.6 Å². The van der Waals surface area contributed by atoms with Crippen LogP contribution in [-0.4, -0.2) is 0 Å². The quantitative estimate of drug-likeness (QED) is 0.666. The van der Waals surface area contributed by atoms with Gasteiger partial charge >= 0.3 is 0 Å². The van der Waals surface area contributed by atoms with Crippen LogP contribution in [0.5, 0.6) is 0 Å². The van der Waals surface area contributed by atoms with Crippen molar-refractivity contribution >= 4 is 12.6 Å². The molecule has 0 aliphatic carbocycles. The van der Waals surface area contributed by atoms with Gasteiger partial charge in [0.05, 0.1) is 0 Å². The number of aryl methyl sites for hydroxylation is 1. The number of hydrogen-bond acceptors (Lipinski definition) is 1. The van der Waals surface area contributed by atoms with E-state index in [0.29, 0.717) is 5.25 Å². The normalized spacial score (nSPS) is 11.5. The lowest BCUT2D eigenvalue weighted by Gasteiger charge is -2.07. The lowest BCUT2D eigenvalue weighted by Crippen LogP contribution is -1.87. The molecule has 0 radical (unpaired) electrons. The van der Waals surface area contributed by atoms with Gasteiger partial charge in [0.2, 0.25) is 0 Å². The molecule has 0 aliphatic heterocycles. The SMILES string of the molecule is CC.CCC(S)c1ccc(C)cc1. The maximum absolute atomic E-state index is 4.45. The highest BCUT2D eigenvalue weighted by molar-refractivity contribution is 7.80. The van der Waals surface area contributed by atoms with Crippen molar-refractivity contribution in [3.05, 3.63) is 35.4 Å². The molecule has 0 bridgehead atoms. The molecule has 0 amide bonds. The van der Waals surface area contributed by atoms with Crippen LogP contribution in [0.15, 0.2) is 24.3 Å². The summed E-state index contributed by atoms with van der Waals surface area (Å²) in [6, 6.07) is 8.56. The zero-order chi connectivity index (χ0) is 10.3. The number of rotatable bonds is 2. The second-order valence-electron chi connectivity index (χ2n) is 2.83. The second kappa shape index (κ2) is 7.02. The molecule has 1 unspecified atom stereocenters. The Morgan fingerprint density at radius 3 is 2.00 bits per heavy atom. The Hall–Kier alpha value is -0.430. The summed E-state index contributed by atoms with van der Waals surface area (Å²) >= 11 is 4.45. The second-order valence-corrected chi connectivity index (χ2v) is 3.46. The molecular formula is C12H20S. The van der Waals surface area contributed by atoms with Gasteiger partial charge in [0.25, 0.3) is 0 Å². The van der Waals surface area contributed by atoms with E-state index in [-0.39, 0.29) is 0 Å². The predicted octanol–water partition coefficient (Wildman–Crippen LogP) is 4.40. The molecule has 1 heteroatoms. The fraction of sp³-hybridized carbons (Fsp3) is 0.500. The zero-order valence-electron chi connectivity index (χ0n) is 9.04. The molecule has 0 aliphatic rings. The third-order valence-corrected chi connectivity index (χ3v) is 2.51. The average Bonchev–Trinajstić information content (AvgIpc) is 2.21. The summed E-state index contributed by atoms with van der Waals surface area (Å²) in [6.45, 7) is 8.25. The van der Waals surface area contributed by atoms with Crippen molar-refractivity contribution < 1.29 is 0 Å². The van der Waals surface area contributed by atoms with E-state index in [2.05, 4.69) is 50.7 Å². The Morgan fingerprint density at radius 1 is 1.15 bits per heavy atom. The van der Waals surface area contributed by atoms with Crippen LogP contribution in [0.2, 0.25) is 0 Å². The van der Waals surface area contributed by atoms with Gasteiger partial charge in [0.15, 0.2) is 0 Å². The molecule has 13 heavy (non-hydrogen) atoms. The summed E-state index contributed by atoms with van der Waals surface area (Å²) in [5, 5.41) is 0.399. The van der Waals surface area contributed by atoms with Crippen molar-refractivity contribution in [3.63, 3.8) is 0 Å². The minimum absolute atomic E-state index is 0.399. The Kier molecular flexibility index (Phi) is 6.79. The Morgan fingerprint density at radius 2 is 1.62 bits per heavy atom. The lowest BCUT2D eigenvalue weighted by atomic mass is 10.1. The number of hydrogen-bond donors (Lipinski definition) is 1. The topological polar surface area (TPSA) is 0 Å². The summed E-state index contributed by atoms with van der Waals surface area (Å²) in [5.74, 6) is 0. The van der Waals surface area contributed by atoms with E-state index >= 15 is 0 Å². The molecule has 0 fully saturated rings.